The van der Waals surface area contributed by atoms with Crippen molar-refractivity contribution in [1.82, 2.24) is 9.97 Å². The minimum absolute atomic E-state index is 0.318. The van der Waals surface area contributed by atoms with E-state index >= 15 is 0 Å². The summed E-state index contributed by atoms with van der Waals surface area (Å²) in [6.45, 7) is 0. The number of benzene rings is 1. The van der Waals surface area contributed by atoms with E-state index in [0.29, 0.717) is 17.0 Å². The molecule has 2 N–H and O–H groups in total. The van der Waals surface area contributed by atoms with Gasteiger partial charge in [-0.1, -0.05) is 24.3 Å². The predicted octanol–water partition coefficient (Wildman–Crippen LogP) is 2.21. The fourth-order valence-corrected chi connectivity index (χ4v) is 1.99. The lowest BCUT2D eigenvalue weighted by Crippen LogP contribution is -2.29. The Morgan fingerprint density at radius 1 is 0.773 bits per heavy atom. The fourth-order valence-electron chi connectivity index (χ4n) is 1.99. The summed E-state index contributed by atoms with van der Waals surface area (Å²) in [5.74, 6) is -1.24. The molecular weight excluding hydrogens is 280 g/mol. The Labute approximate surface area is 126 Å². The van der Waals surface area contributed by atoms with Crippen LogP contribution in [0.2, 0.25) is 0 Å². The van der Waals surface area contributed by atoms with Crippen molar-refractivity contribution < 1.29 is 9.59 Å². The fraction of sp³-hybridized carbons (Fsp3) is 0. The van der Waals surface area contributed by atoms with E-state index in [0.717, 1.165) is 5.39 Å². The molecule has 6 nitrogen and oxygen atoms in total. The Kier molecular flexibility index (Phi) is 3.74. The van der Waals surface area contributed by atoms with Gasteiger partial charge in [0, 0.05) is 17.8 Å². The summed E-state index contributed by atoms with van der Waals surface area (Å²) < 4.78 is 0. The molecule has 0 aliphatic carbocycles. The normalized spacial score (nSPS) is 10.2. The number of nitrogens with zero attached hydrogens (tertiary/aromatic N) is 2. The van der Waals surface area contributed by atoms with Crippen LogP contribution in [-0.2, 0) is 9.59 Å². The van der Waals surface area contributed by atoms with Crippen LogP contribution in [0.25, 0.3) is 10.9 Å². The van der Waals surface area contributed by atoms with Crippen molar-refractivity contribution in [3.05, 3.63) is 60.9 Å². The monoisotopic (exact) mass is 292 g/mol. The molecule has 0 unspecified atom stereocenters. The number of anilines is 2. The van der Waals surface area contributed by atoms with Crippen molar-refractivity contribution >= 4 is 34.2 Å². The maximum atomic E-state index is 12.0. The first-order valence-corrected chi connectivity index (χ1v) is 6.61. The Bertz CT molecular complexity index is 828. The molecule has 3 rings (SSSR count). The van der Waals surface area contributed by atoms with Gasteiger partial charge in [-0.3, -0.25) is 14.6 Å². The molecule has 0 aliphatic rings. The summed E-state index contributed by atoms with van der Waals surface area (Å²) in [6, 6.07) is 14.1. The van der Waals surface area contributed by atoms with Gasteiger partial charge in [0.05, 0.1) is 11.2 Å². The van der Waals surface area contributed by atoms with Crippen LogP contribution < -0.4 is 10.6 Å². The lowest BCUT2D eigenvalue weighted by molar-refractivity contribution is -0.133. The van der Waals surface area contributed by atoms with Crippen LogP contribution >= 0.6 is 0 Å². The molecule has 0 saturated heterocycles. The van der Waals surface area contributed by atoms with E-state index in [1.54, 1.807) is 36.5 Å². The van der Waals surface area contributed by atoms with E-state index in [9.17, 15) is 9.59 Å². The second-order valence-corrected chi connectivity index (χ2v) is 4.50. The van der Waals surface area contributed by atoms with Gasteiger partial charge in [0.2, 0.25) is 0 Å². The van der Waals surface area contributed by atoms with Gasteiger partial charge in [-0.2, -0.15) is 0 Å². The number of carbonyl (C=O) groups is 2. The predicted molar refractivity (Wildman–Crippen MR) is 83.2 cm³/mol. The maximum Gasteiger partial charge on any atom is 0.315 e. The Hall–Kier alpha value is -3.28. The minimum Gasteiger partial charge on any atom is -0.316 e. The van der Waals surface area contributed by atoms with Crippen LogP contribution in [0.5, 0.6) is 0 Å². The van der Waals surface area contributed by atoms with E-state index in [-0.39, 0.29) is 0 Å². The van der Waals surface area contributed by atoms with Crippen molar-refractivity contribution in [2.45, 2.75) is 0 Å². The number of aromatic nitrogens is 2. The number of hydrogen-bond acceptors (Lipinski definition) is 4. The Balaban J connectivity index is 1.77. The maximum absolute atomic E-state index is 12.0. The number of carbonyl (C=O) groups excluding carboxylic acids is 2. The highest BCUT2D eigenvalue weighted by Gasteiger charge is 2.15. The summed E-state index contributed by atoms with van der Waals surface area (Å²) >= 11 is 0. The van der Waals surface area contributed by atoms with Crippen molar-refractivity contribution in [3.8, 4) is 0 Å². The molecule has 0 spiro atoms. The van der Waals surface area contributed by atoms with Gasteiger partial charge in [-0.15, -0.1) is 0 Å². The Morgan fingerprint density at radius 2 is 1.55 bits per heavy atom. The SMILES string of the molecule is O=C(Nc1ccccn1)C(=O)Nc1cccc2cccnc12. The standard InChI is InChI=1S/C16H12N4O2/c21-15(16(22)20-13-8-1-2-9-17-13)19-12-7-3-5-11-6-4-10-18-14(11)12/h1-10H,(H,19,21)(H,17,20,22). The molecule has 0 atom stereocenters. The lowest BCUT2D eigenvalue weighted by Gasteiger charge is -2.08. The van der Waals surface area contributed by atoms with Gasteiger partial charge < -0.3 is 10.6 Å². The van der Waals surface area contributed by atoms with Gasteiger partial charge >= 0.3 is 11.8 Å². The lowest BCUT2D eigenvalue weighted by atomic mass is 10.2. The molecule has 108 valence electrons. The van der Waals surface area contributed by atoms with Gasteiger partial charge in [-0.05, 0) is 24.3 Å². The smallest absolute Gasteiger partial charge is 0.315 e. The van der Waals surface area contributed by atoms with Gasteiger partial charge in [0.1, 0.15) is 5.82 Å². The van der Waals surface area contributed by atoms with Crippen LogP contribution in [0.4, 0.5) is 11.5 Å². The van der Waals surface area contributed by atoms with E-state index < -0.39 is 11.8 Å². The van der Waals surface area contributed by atoms with Crippen molar-refractivity contribution in [3.63, 3.8) is 0 Å². The third kappa shape index (κ3) is 2.90. The molecular formula is C16H12N4O2. The molecule has 2 amide bonds. The van der Waals surface area contributed by atoms with Crippen molar-refractivity contribution in [2.24, 2.45) is 0 Å². The molecule has 0 bridgehead atoms. The van der Waals surface area contributed by atoms with Crippen LogP contribution in [0.3, 0.4) is 0 Å². The van der Waals surface area contributed by atoms with Crippen molar-refractivity contribution in [2.75, 3.05) is 10.6 Å². The first-order chi connectivity index (χ1) is 10.7. The van der Waals surface area contributed by atoms with Crippen LogP contribution in [0.15, 0.2) is 60.9 Å². The van der Waals surface area contributed by atoms with E-state index in [1.807, 2.05) is 18.2 Å². The average Bonchev–Trinajstić information content (AvgIpc) is 2.56. The van der Waals surface area contributed by atoms with Gasteiger partial charge in [0.15, 0.2) is 0 Å². The number of hydrogen-bond donors (Lipinski definition) is 2. The third-order valence-corrected chi connectivity index (χ3v) is 2.99. The molecule has 0 fully saturated rings. The zero-order valence-corrected chi connectivity index (χ0v) is 11.5. The van der Waals surface area contributed by atoms with Crippen molar-refractivity contribution in [1.29, 1.82) is 0 Å². The molecule has 0 radical (unpaired) electrons. The molecule has 0 aliphatic heterocycles. The quantitative estimate of drug-likeness (QED) is 0.709. The van der Waals surface area contributed by atoms with E-state index in [2.05, 4.69) is 20.6 Å². The highest BCUT2D eigenvalue weighted by atomic mass is 16.2. The minimum atomic E-state index is -0.786. The summed E-state index contributed by atoms with van der Waals surface area (Å²) in [5, 5.41) is 5.87. The first kappa shape index (κ1) is 13.7. The zero-order valence-electron chi connectivity index (χ0n) is 11.5. The molecule has 22 heavy (non-hydrogen) atoms. The molecule has 2 heterocycles. The average molecular weight is 292 g/mol. The highest BCUT2D eigenvalue weighted by Crippen LogP contribution is 2.20. The molecule has 0 saturated carbocycles. The summed E-state index contributed by atoms with van der Waals surface area (Å²) in [5.41, 5.74) is 1.11. The number of rotatable bonds is 2. The highest BCUT2D eigenvalue weighted by molar-refractivity contribution is 6.44. The Morgan fingerprint density at radius 3 is 2.36 bits per heavy atom. The molecule has 3 aromatic rings. The van der Waals surface area contributed by atoms with E-state index in [4.69, 9.17) is 0 Å². The van der Waals surface area contributed by atoms with Gasteiger partial charge in [0.25, 0.3) is 0 Å². The molecule has 1 aromatic carbocycles. The molecule has 2 aromatic heterocycles. The van der Waals surface area contributed by atoms with Crippen LogP contribution in [0, 0.1) is 0 Å². The second kappa shape index (κ2) is 6.01. The summed E-state index contributed by atoms with van der Waals surface area (Å²) in [6.07, 6.45) is 3.16. The zero-order chi connectivity index (χ0) is 15.4. The number of pyridine rings is 2. The summed E-state index contributed by atoms with van der Waals surface area (Å²) in [4.78, 5) is 32.0. The number of nitrogens with one attached hydrogen (secondary N) is 2. The second-order valence-electron chi connectivity index (χ2n) is 4.50. The van der Waals surface area contributed by atoms with Crippen LogP contribution in [-0.4, -0.2) is 21.8 Å². The largest absolute Gasteiger partial charge is 0.316 e. The van der Waals surface area contributed by atoms with Gasteiger partial charge in [-0.25, -0.2) is 4.98 Å². The van der Waals surface area contributed by atoms with Crippen LogP contribution in [0.1, 0.15) is 0 Å². The molecule has 6 heteroatoms. The first-order valence-electron chi connectivity index (χ1n) is 6.61. The number of fused-ring (bicyclic) bond motifs is 1. The third-order valence-electron chi connectivity index (χ3n) is 2.99. The summed E-state index contributed by atoms with van der Waals surface area (Å²) in [7, 11) is 0. The number of amides is 2. The number of para-hydroxylation sites is 1. The topological polar surface area (TPSA) is 84.0 Å². The van der Waals surface area contributed by atoms with E-state index in [1.165, 1.54) is 6.20 Å².